The highest BCUT2D eigenvalue weighted by Crippen LogP contribution is 2.21. The number of thiophene rings is 1. The number of fused-ring (bicyclic) bond motifs is 1. The number of nitrogens with one attached hydrogen (secondary N) is 1. The molecule has 0 aliphatic rings. The second-order valence-corrected chi connectivity index (χ2v) is 5.92. The van der Waals surface area contributed by atoms with Gasteiger partial charge in [-0.15, -0.1) is 11.3 Å². The molecular weight excluding hydrogens is 312 g/mol. The van der Waals surface area contributed by atoms with Crippen molar-refractivity contribution in [3.05, 3.63) is 62.0 Å². The molecule has 0 aliphatic carbocycles. The summed E-state index contributed by atoms with van der Waals surface area (Å²) < 4.78 is 0. The van der Waals surface area contributed by atoms with Crippen molar-refractivity contribution in [2.45, 2.75) is 6.42 Å². The van der Waals surface area contributed by atoms with Crippen LogP contribution in [0.5, 0.6) is 0 Å². The molecule has 2 N–H and O–H groups in total. The number of carboxylic acid groups (broad SMARTS) is 1. The van der Waals surface area contributed by atoms with Crippen molar-refractivity contribution < 1.29 is 9.90 Å². The average molecular weight is 321 g/mol. The van der Waals surface area contributed by atoms with Crippen LogP contribution in [0, 0.1) is 0 Å². The van der Waals surface area contributed by atoms with Gasteiger partial charge in [-0.1, -0.05) is 23.7 Å². The summed E-state index contributed by atoms with van der Waals surface area (Å²) in [5.74, 6) is -0.565. The Labute approximate surface area is 127 Å². The summed E-state index contributed by atoms with van der Waals surface area (Å²) in [4.78, 5) is 30.5. The van der Waals surface area contributed by atoms with E-state index in [0.717, 1.165) is 16.9 Å². The first kappa shape index (κ1) is 13.8. The second-order valence-electron chi connectivity index (χ2n) is 4.45. The Bertz CT molecular complexity index is 883. The Hall–Kier alpha value is -2.18. The maximum absolute atomic E-state index is 12.0. The van der Waals surface area contributed by atoms with Gasteiger partial charge in [0.25, 0.3) is 5.56 Å². The zero-order valence-electron chi connectivity index (χ0n) is 10.6. The van der Waals surface area contributed by atoms with Gasteiger partial charge >= 0.3 is 5.97 Å². The number of carboxylic acids is 1. The molecule has 7 heteroatoms. The zero-order valence-corrected chi connectivity index (χ0v) is 12.2. The van der Waals surface area contributed by atoms with Crippen LogP contribution in [-0.2, 0) is 6.42 Å². The van der Waals surface area contributed by atoms with Crippen LogP contribution in [0.2, 0.25) is 5.02 Å². The monoisotopic (exact) mass is 320 g/mol. The van der Waals surface area contributed by atoms with E-state index in [4.69, 9.17) is 16.7 Å². The maximum Gasteiger partial charge on any atom is 0.345 e. The number of rotatable bonds is 3. The first-order chi connectivity index (χ1) is 10.0. The van der Waals surface area contributed by atoms with Gasteiger partial charge in [0.2, 0.25) is 0 Å². The number of aromatic amines is 1. The van der Waals surface area contributed by atoms with Crippen molar-refractivity contribution in [3.8, 4) is 0 Å². The zero-order chi connectivity index (χ0) is 15.0. The fourth-order valence-electron chi connectivity index (χ4n) is 1.96. The highest BCUT2D eigenvalue weighted by atomic mass is 35.5. The SMILES string of the molecule is O=C(O)c1cc2c(=O)[nH]c(Cc3ccc(Cl)cc3)nc2s1. The molecule has 3 rings (SSSR count). The number of halogens is 1. The number of carbonyl (C=O) groups is 1. The molecule has 0 atom stereocenters. The Morgan fingerprint density at radius 2 is 2.05 bits per heavy atom. The second kappa shape index (κ2) is 5.31. The van der Waals surface area contributed by atoms with Gasteiger partial charge in [-0.3, -0.25) is 4.79 Å². The number of nitrogens with zero attached hydrogens (tertiary/aromatic N) is 1. The summed E-state index contributed by atoms with van der Waals surface area (Å²) in [5.41, 5.74) is 0.629. The van der Waals surface area contributed by atoms with Crippen molar-refractivity contribution in [2.75, 3.05) is 0 Å². The molecule has 2 aromatic heterocycles. The number of H-pyrrole nitrogens is 1. The minimum atomic E-state index is -1.06. The molecule has 0 radical (unpaired) electrons. The third-order valence-electron chi connectivity index (χ3n) is 2.95. The van der Waals surface area contributed by atoms with E-state index >= 15 is 0 Å². The standard InChI is InChI=1S/C14H9ClN2O3S/c15-8-3-1-7(2-4-8)5-11-16-12(18)9-6-10(14(19)20)21-13(9)17-11/h1-4,6H,5H2,(H,19,20)(H,16,17,18). The lowest BCUT2D eigenvalue weighted by molar-refractivity contribution is 0.0702. The Morgan fingerprint density at radius 3 is 2.71 bits per heavy atom. The molecule has 0 fully saturated rings. The first-order valence-electron chi connectivity index (χ1n) is 6.03. The van der Waals surface area contributed by atoms with Gasteiger partial charge in [-0.05, 0) is 23.8 Å². The van der Waals surface area contributed by atoms with E-state index < -0.39 is 5.97 Å². The van der Waals surface area contributed by atoms with Crippen LogP contribution >= 0.6 is 22.9 Å². The fraction of sp³-hybridized carbons (Fsp3) is 0.0714. The third-order valence-corrected chi connectivity index (χ3v) is 4.22. The van der Waals surface area contributed by atoms with Crippen molar-refractivity contribution in [1.29, 1.82) is 0 Å². The van der Waals surface area contributed by atoms with Gasteiger partial charge < -0.3 is 10.1 Å². The van der Waals surface area contributed by atoms with Crippen LogP contribution in [0.1, 0.15) is 21.1 Å². The van der Waals surface area contributed by atoms with Crippen LogP contribution in [0.4, 0.5) is 0 Å². The summed E-state index contributed by atoms with van der Waals surface area (Å²) in [6, 6.07) is 8.58. The predicted molar refractivity (Wildman–Crippen MR) is 81.5 cm³/mol. The Balaban J connectivity index is 2.01. The van der Waals surface area contributed by atoms with Gasteiger partial charge in [0.1, 0.15) is 15.5 Å². The minimum Gasteiger partial charge on any atom is -0.477 e. The van der Waals surface area contributed by atoms with Crippen LogP contribution < -0.4 is 5.56 Å². The molecule has 2 heterocycles. The van der Waals surface area contributed by atoms with E-state index in [1.165, 1.54) is 6.07 Å². The van der Waals surface area contributed by atoms with E-state index in [0.29, 0.717) is 27.5 Å². The lowest BCUT2D eigenvalue weighted by Gasteiger charge is -2.01. The fourth-order valence-corrected chi connectivity index (χ4v) is 2.98. The lowest BCUT2D eigenvalue weighted by atomic mass is 10.1. The predicted octanol–water partition coefficient (Wildman–Crippen LogP) is 2.93. The molecule has 0 saturated heterocycles. The van der Waals surface area contributed by atoms with Crippen LogP contribution in [0.25, 0.3) is 10.2 Å². The molecule has 5 nitrogen and oxygen atoms in total. The Kier molecular flexibility index (Phi) is 3.48. The molecule has 0 bridgehead atoms. The van der Waals surface area contributed by atoms with Gasteiger partial charge in [-0.2, -0.15) is 0 Å². The van der Waals surface area contributed by atoms with E-state index in [2.05, 4.69) is 9.97 Å². The largest absolute Gasteiger partial charge is 0.477 e. The van der Waals surface area contributed by atoms with Gasteiger partial charge in [0.15, 0.2) is 0 Å². The van der Waals surface area contributed by atoms with E-state index in [1.807, 2.05) is 12.1 Å². The summed E-state index contributed by atoms with van der Waals surface area (Å²) in [5, 5.41) is 9.91. The van der Waals surface area contributed by atoms with Crippen LogP contribution in [0.15, 0.2) is 35.1 Å². The normalized spacial score (nSPS) is 10.9. The lowest BCUT2D eigenvalue weighted by Crippen LogP contribution is -2.10. The highest BCUT2D eigenvalue weighted by molar-refractivity contribution is 7.20. The third kappa shape index (κ3) is 2.81. The van der Waals surface area contributed by atoms with Crippen LogP contribution in [-0.4, -0.2) is 21.0 Å². The van der Waals surface area contributed by atoms with Gasteiger partial charge in [-0.25, -0.2) is 9.78 Å². The van der Waals surface area contributed by atoms with E-state index in [9.17, 15) is 9.59 Å². The number of aromatic carboxylic acids is 1. The van der Waals surface area contributed by atoms with Crippen molar-refractivity contribution in [1.82, 2.24) is 9.97 Å². The van der Waals surface area contributed by atoms with Gasteiger partial charge in [0, 0.05) is 11.4 Å². The molecule has 106 valence electrons. The van der Waals surface area contributed by atoms with Crippen LogP contribution in [0.3, 0.4) is 0 Å². The number of hydrogen-bond donors (Lipinski definition) is 2. The molecule has 21 heavy (non-hydrogen) atoms. The van der Waals surface area contributed by atoms with Crippen molar-refractivity contribution in [2.24, 2.45) is 0 Å². The quantitative estimate of drug-likeness (QED) is 0.777. The van der Waals surface area contributed by atoms with Crippen molar-refractivity contribution >= 4 is 39.1 Å². The maximum atomic E-state index is 12.0. The summed E-state index contributed by atoms with van der Waals surface area (Å²) in [6.45, 7) is 0. The molecule has 0 amide bonds. The molecule has 1 aromatic carbocycles. The smallest absolute Gasteiger partial charge is 0.345 e. The molecular formula is C14H9ClN2O3S. The molecule has 3 aromatic rings. The van der Waals surface area contributed by atoms with Crippen molar-refractivity contribution in [3.63, 3.8) is 0 Å². The molecule has 0 spiro atoms. The molecule has 0 unspecified atom stereocenters. The molecule has 0 saturated carbocycles. The number of benzene rings is 1. The van der Waals surface area contributed by atoms with E-state index in [1.54, 1.807) is 12.1 Å². The number of hydrogen-bond acceptors (Lipinski definition) is 4. The highest BCUT2D eigenvalue weighted by Gasteiger charge is 2.13. The summed E-state index contributed by atoms with van der Waals surface area (Å²) in [6.07, 6.45) is 0.447. The topological polar surface area (TPSA) is 83.0 Å². The summed E-state index contributed by atoms with van der Waals surface area (Å²) >= 11 is 6.82. The average Bonchev–Trinajstić information content (AvgIpc) is 2.86. The van der Waals surface area contributed by atoms with Gasteiger partial charge in [0.05, 0.1) is 5.39 Å². The summed E-state index contributed by atoms with van der Waals surface area (Å²) in [7, 11) is 0. The minimum absolute atomic E-state index is 0.103. The molecule has 0 aliphatic heterocycles. The number of aromatic nitrogens is 2. The first-order valence-corrected chi connectivity index (χ1v) is 7.23. The Morgan fingerprint density at radius 1 is 1.33 bits per heavy atom. The van der Waals surface area contributed by atoms with E-state index in [-0.39, 0.29) is 10.4 Å².